The largest absolute Gasteiger partial charge is 0.375 e. The second kappa shape index (κ2) is 11.0. The normalized spacial score (nSPS) is 14.5. The Balaban J connectivity index is 1.73. The molecule has 2 N–H and O–H groups in total. The van der Waals surface area contributed by atoms with Crippen LogP contribution in [-0.2, 0) is 16.0 Å². The van der Waals surface area contributed by atoms with Crippen LogP contribution in [0.2, 0.25) is 0 Å². The lowest BCUT2D eigenvalue weighted by atomic mass is 9.89. The van der Waals surface area contributed by atoms with Crippen molar-refractivity contribution in [1.29, 1.82) is 0 Å². The van der Waals surface area contributed by atoms with E-state index in [4.69, 9.17) is 4.74 Å². The zero-order valence-electron chi connectivity index (χ0n) is 18.7. The Morgan fingerprint density at radius 3 is 2.45 bits per heavy atom. The van der Waals surface area contributed by atoms with Crippen molar-refractivity contribution in [3.63, 3.8) is 0 Å². The van der Waals surface area contributed by atoms with Crippen LogP contribution < -0.4 is 15.5 Å². The van der Waals surface area contributed by atoms with Gasteiger partial charge in [-0.25, -0.2) is 0 Å². The Kier molecular flexibility index (Phi) is 8.06. The number of anilines is 2. The summed E-state index contributed by atoms with van der Waals surface area (Å²) in [6.45, 7) is 5.68. The molecule has 2 aromatic rings. The van der Waals surface area contributed by atoms with Crippen molar-refractivity contribution in [3.8, 4) is 0 Å². The van der Waals surface area contributed by atoms with Gasteiger partial charge in [-0.1, -0.05) is 30.3 Å². The highest BCUT2D eigenvalue weighted by Crippen LogP contribution is 2.30. The number of benzene rings is 2. The van der Waals surface area contributed by atoms with E-state index in [1.165, 1.54) is 12.7 Å². The molecule has 2 aromatic carbocycles. The molecule has 0 saturated carbocycles. The Morgan fingerprint density at radius 2 is 1.81 bits per heavy atom. The number of rotatable bonds is 8. The molecule has 0 aromatic heterocycles. The van der Waals surface area contributed by atoms with Gasteiger partial charge in [-0.05, 0) is 62.8 Å². The Bertz CT molecular complexity index is 875. The Morgan fingerprint density at radius 1 is 1.10 bits per heavy atom. The maximum Gasteiger partial charge on any atom is 0.253 e. The smallest absolute Gasteiger partial charge is 0.253 e. The molecule has 1 fully saturated rings. The molecule has 1 saturated heterocycles. The number of carbonyl (C=O) groups excluding carboxylic acids is 2. The molecular formula is C25H33N3O3. The summed E-state index contributed by atoms with van der Waals surface area (Å²) >= 11 is 0. The summed E-state index contributed by atoms with van der Waals surface area (Å²) in [6.07, 6.45) is 3.28. The first-order chi connectivity index (χ1) is 15.0. The number of hydrogen-bond acceptors (Lipinski definition) is 4. The second-order valence-corrected chi connectivity index (χ2v) is 8.46. The second-order valence-electron chi connectivity index (χ2n) is 8.46. The van der Waals surface area contributed by atoms with E-state index in [9.17, 15) is 9.59 Å². The summed E-state index contributed by atoms with van der Waals surface area (Å²) in [5.41, 5.74) is 3.49. The van der Waals surface area contributed by atoms with Gasteiger partial charge >= 0.3 is 0 Å². The fraction of sp³-hybridized carbons (Fsp3) is 0.440. The fourth-order valence-electron chi connectivity index (χ4n) is 4.06. The summed E-state index contributed by atoms with van der Waals surface area (Å²) in [7, 11) is 1.48. The van der Waals surface area contributed by atoms with Crippen molar-refractivity contribution >= 4 is 23.2 Å². The number of methoxy groups -OCH3 is 1. The van der Waals surface area contributed by atoms with Crippen LogP contribution in [-0.4, -0.2) is 44.7 Å². The van der Waals surface area contributed by atoms with Crippen molar-refractivity contribution in [2.24, 2.45) is 5.92 Å². The van der Waals surface area contributed by atoms with Gasteiger partial charge in [0.15, 0.2) is 0 Å². The lowest BCUT2D eigenvalue weighted by Crippen LogP contribution is -2.37. The summed E-state index contributed by atoms with van der Waals surface area (Å²) in [4.78, 5) is 27.1. The van der Waals surface area contributed by atoms with Crippen LogP contribution in [0.25, 0.3) is 0 Å². The zero-order valence-corrected chi connectivity index (χ0v) is 18.7. The minimum atomic E-state index is -0.243. The summed E-state index contributed by atoms with van der Waals surface area (Å²) < 4.78 is 4.88. The van der Waals surface area contributed by atoms with Crippen LogP contribution in [0.4, 0.5) is 11.4 Å². The molecule has 0 atom stereocenters. The van der Waals surface area contributed by atoms with Gasteiger partial charge in [0.25, 0.3) is 5.91 Å². The van der Waals surface area contributed by atoms with Gasteiger partial charge in [0.2, 0.25) is 5.91 Å². The van der Waals surface area contributed by atoms with Gasteiger partial charge in [-0.3, -0.25) is 9.59 Å². The number of ether oxygens (including phenoxy) is 1. The highest BCUT2D eigenvalue weighted by molar-refractivity contribution is 6.02. The SMILES string of the molecule is COCC(=O)Nc1ccc(N2CCC(Cc3ccccc3)CC2)c(C(=O)NC(C)C)c1. The standard InChI is InChI=1S/C25H33N3O3/c1-18(2)26-25(30)22-16-21(27-24(29)17-31-3)9-10-23(22)28-13-11-20(12-14-28)15-19-7-5-4-6-8-19/h4-10,16,18,20H,11-15,17H2,1-3H3,(H,26,30)(H,27,29). The van der Waals surface area contributed by atoms with Crippen molar-refractivity contribution < 1.29 is 14.3 Å². The molecule has 6 nitrogen and oxygen atoms in total. The maximum atomic E-state index is 12.9. The topological polar surface area (TPSA) is 70.7 Å². The molecule has 2 amide bonds. The summed E-state index contributed by atoms with van der Waals surface area (Å²) in [5.74, 6) is 0.283. The molecule has 0 bridgehead atoms. The number of amides is 2. The summed E-state index contributed by atoms with van der Waals surface area (Å²) in [5, 5.41) is 5.78. The van der Waals surface area contributed by atoms with E-state index in [0.29, 0.717) is 17.2 Å². The van der Waals surface area contributed by atoms with Gasteiger partial charge in [0.1, 0.15) is 6.61 Å². The summed E-state index contributed by atoms with van der Waals surface area (Å²) in [6, 6.07) is 16.2. The highest BCUT2D eigenvalue weighted by Gasteiger charge is 2.24. The van der Waals surface area contributed by atoms with Crippen molar-refractivity contribution in [3.05, 3.63) is 59.7 Å². The van der Waals surface area contributed by atoms with Gasteiger partial charge in [-0.2, -0.15) is 0 Å². The van der Waals surface area contributed by atoms with Gasteiger partial charge < -0.3 is 20.3 Å². The Labute approximate surface area is 185 Å². The van der Waals surface area contributed by atoms with Crippen LogP contribution in [0.1, 0.15) is 42.6 Å². The van der Waals surface area contributed by atoms with Crippen LogP contribution in [0.3, 0.4) is 0 Å². The molecule has 0 aliphatic carbocycles. The predicted molar refractivity (Wildman–Crippen MR) is 125 cm³/mol. The van der Waals surface area contributed by atoms with E-state index < -0.39 is 0 Å². The van der Waals surface area contributed by atoms with E-state index in [1.807, 2.05) is 26.0 Å². The van der Waals surface area contributed by atoms with Gasteiger partial charge in [0.05, 0.1) is 5.56 Å². The first kappa shape index (κ1) is 22.8. The van der Waals surface area contributed by atoms with E-state index in [0.717, 1.165) is 38.0 Å². The van der Waals surface area contributed by atoms with E-state index in [2.05, 4.69) is 45.9 Å². The molecule has 0 unspecified atom stereocenters. The molecule has 1 aliphatic heterocycles. The van der Waals surface area contributed by atoms with Crippen LogP contribution in [0, 0.1) is 5.92 Å². The third-order valence-electron chi connectivity index (χ3n) is 5.54. The van der Waals surface area contributed by atoms with Crippen LogP contribution >= 0.6 is 0 Å². The number of nitrogens with zero attached hydrogens (tertiary/aromatic N) is 1. The molecule has 31 heavy (non-hydrogen) atoms. The third kappa shape index (κ3) is 6.56. The van der Waals surface area contributed by atoms with E-state index in [1.54, 1.807) is 6.07 Å². The third-order valence-corrected chi connectivity index (χ3v) is 5.54. The predicted octanol–water partition coefficient (Wildman–Crippen LogP) is 3.87. The molecule has 0 spiro atoms. The molecule has 1 aliphatic rings. The number of carbonyl (C=O) groups is 2. The van der Waals surface area contributed by atoms with Crippen LogP contribution in [0.5, 0.6) is 0 Å². The van der Waals surface area contributed by atoms with Crippen LogP contribution in [0.15, 0.2) is 48.5 Å². The zero-order chi connectivity index (χ0) is 22.2. The van der Waals surface area contributed by atoms with E-state index >= 15 is 0 Å². The molecule has 1 heterocycles. The minimum Gasteiger partial charge on any atom is -0.375 e. The first-order valence-electron chi connectivity index (χ1n) is 11.0. The average Bonchev–Trinajstić information content (AvgIpc) is 2.75. The van der Waals surface area contributed by atoms with E-state index in [-0.39, 0.29) is 24.5 Å². The quantitative estimate of drug-likeness (QED) is 0.676. The van der Waals surface area contributed by atoms with Crippen molar-refractivity contribution in [2.75, 3.05) is 37.0 Å². The fourth-order valence-corrected chi connectivity index (χ4v) is 4.06. The number of hydrogen-bond donors (Lipinski definition) is 2. The molecule has 0 radical (unpaired) electrons. The first-order valence-corrected chi connectivity index (χ1v) is 11.0. The van der Waals surface area contributed by atoms with Crippen molar-refractivity contribution in [2.45, 2.75) is 39.2 Å². The minimum absolute atomic E-state index is 0.0236. The van der Waals surface area contributed by atoms with Gasteiger partial charge in [-0.15, -0.1) is 0 Å². The molecule has 3 rings (SSSR count). The lowest BCUT2D eigenvalue weighted by Gasteiger charge is -2.35. The number of nitrogens with one attached hydrogen (secondary N) is 2. The molecular weight excluding hydrogens is 390 g/mol. The monoisotopic (exact) mass is 423 g/mol. The molecule has 166 valence electrons. The van der Waals surface area contributed by atoms with Crippen molar-refractivity contribution in [1.82, 2.24) is 5.32 Å². The highest BCUT2D eigenvalue weighted by atomic mass is 16.5. The maximum absolute atomic E-state index is 12.9. The lowest BCUT2D eigenvalue weighted by molar-refractivity contribution is -0.119. The van der Waals surface area contributed by atoms with Gasteiger partial charge in [0, 0.05) is 37.6 Å². The molecule has 6 heteroatoms. The Hall–Kier alpha value is -2.86. The average molecular weight is 424 g/mol. The number of piperidine rings is 1.